The Morgan fingerprint density at radius 3 is 2.57 bits per heavy atom. The second-order valence-corrected chi connectivity index (χ2v) is 6.05. The van der Waals surface area contributed by atoms with E-state index in [1.807, 2.05) is 0 Å². The van der Waals surface area contributed by atoms with E-state index in [9.17, 15) is 9.59 Å². The van der Waals surface area contributed by atoms with Crippen LogP contribution in [0, 0.1) is 0 Å². The van der Waals surface area contributed by atoms with Gasteiger partial charge in [-0.1, -0.05) is 39.1 Å². The van der Waals surface area contributed by atoms with Crippen molar-refractivity contribution < 1.29 is 19.4 Å². The number of ether oxygens (including phenoxy) is 1. The summed E-state index contributed by atoms with van der Waals surface area (Å²) in [7, 11) is 0. The van der Waals surface area contributed by atoms with Crippen molar-refractivity contribution in [2.45, 2.75) is 6.10 Å². The summed E-state index contributed by atoms with van der Waals surface area (Å²) in [4.78, 5) is 24.4. The molecule has 0 aliphatic carbocycles. The lowest BCUT2D eigenvalue weighted by Gasteiger charge is -2.31. The number of urea groups is 1. The summed E-state index contributed by atoms with van der Waals surface area (Å²) < 4.78 is 5.74. The van der Waals surface area contributed by atoms with Crippen LogP contribution in [0.4, 0.5) is 10.5 Å². The van der Waals surface area contributed by atoms with Crippen LogP contribution in [0.2, 0.25) is 10.0 Å². The van der Waals surface area contributed by atoms with Crippen LogP contribution in [0.3, 0.4) is 0 Å². The molecule has 0 aromatic heterocycles. The first-order chi connectivity index (χ1) is 9.88. The van der Waals surface area contributed by atoms with Crippen molar-refractivity contribution in [3.05, 3.63) is 26.7 Å². The molecule has 0 bridgehead atoms. The lowest BCUT2D eigenvalue weighted by molar-refractivity contribution is -0.154. The van der Waals surface area contributed by atoms with Crippen LogP contribution in [0.1, 0.15) is 0 Å². The number of amides is 2. The highest BCUT2D eigenvalue weighted by atomic mass is 79.9. The third-order valence-corrected chi connectivity index (χ3v) is 3.92. The lowest BCUT2D eigenvalue weighted by atomic mass is 10.3. The van der Waals surface area contributed by atoms with E-state index in [4.69, 9.17) is 33.0 Å². The van der Waals surface area contributed by atoms with Crippen LogP contribution in [0.15, 0.2) is 16.6 Å². The molecule has 1 aliphatic heterocycles. The summed E-state index contributed by atoms with van der Waals surface area (Å²) in [6.07, 6.45) is -1.03. The van der Waals surface area contributed by atoms with Gasteiger partial charge in [-0.2, -0.15) is 0 Å². The number of anilines is 1. The molecular formula is C12H11BrCl2N2O4. The maximum atomic E-state index is 12.2. The number of carboxylic acid groups (broad SMARTS) is 1. The van der Waals surface area contributed by atoms with Crippen molar-refractivity contribution in [1.82, 2.24) is 4.90 Å². The number of nitrogens with one attached hydrogen (secondary N) is 1. The van der Waals surface area contributed by atoms with Gasteiger partial charge >= 0.3 is 12.0 Å². The maximum absolute atomic E-state index is 12.2. The number of aliphatic carboxylic acids is 1. The Bertz CT molecular complexity index is 561. The van der Waals surface area contributed by atoms with Gasteiger partial charge in [0.2, 0.25) is 0 Å². The maximum Gasteiger partial charge on any atom is 0.334 e. The van der Waals surface area contributed by atoms with E-state index in [1.165, 1.54) is 4.90 Å². The number of morpholine rings is 1. The normalized spacial score (nSPS) is 18.4. The first-order valence-electron chi connectivity index (χ1n) is 5.93. The van der Waals surface area contributed by atoms with Gasteiger partial charge in [-0.15, -0.1) is 0 Å². The number of hydrogen-bond acceptors (Lipinski definition) is 3. The van der Waals surface area contributed by atoms with Gasteiger partial charge in [0, 0.05) is 11.0 Å². The quantitative estimate of drug-likeness (QED) is 0.803. The Morgan fingerprint density at radius 2 is 2.00 bits per heavy atom. The first-order valence-corrected chi connectivity index (χ1v) is 7.48. The Morgan fingerprint density at radius 1 is 1.38 bits per heavy atom. The third-order valence-electron chi connectivity index (χ3n) is 2.87. The van der Waals surface area contributed by atoms with E-state index in [1.54, 1.807) is 12.1 Å². The molecule has 1 atom stereocenters. The van der Waals surface area contributed by atoms with Crippen LogP contribution in [-0.4, -0.2) is 47.8 Å². The van der Waals surface area contributed by atoms with Crippen molar-refractivity contribution in [2.75, 3.05) is 25.0 Å². The van der Waals surface area contributed by atoms with Gasteiger partial charge in [0.1, 0.15) is 0 Å². The van der Waals surface area contributed by atoms with Gasteiger partial charge < -0.3 is 20.1 Å². The molecule has 2 rings (SSSR count). The van der Waals surface area contributed by atoms with E-state index in [-0.39, 0.29) is 28.9 Å². The topological polar surface area (TPSA) is 78.9 Å². The third kappa shape index (κ3) is 4.00. The van der Waals surface area contributed by atoms with Crippen molar-refractivity contribution in [2.24, 2.45) is 0 Å². The first kappa shape index (κ1) is 16.4. The number of rotatable bonds is 2. The SMILES string of the molecule is O=C(O)C1CN(C(=O)Nc2c(Cl)cc(Br)cc2Cl)CCO1. The smallest absolute Gasteiger partial charge is 0.334 e. The number of halogens is 3. The molecule has 0 saturated carbocycles. The Labute approximate surface area is 139 Å². The zero-order chi connectivity index (χ0) is 15.6. The molecule has 6 nitrogen and oxygen atoms in total. The molecule has 1 fully saturated rings. The van der Waals surface area contributed by atoms with E-state index >= 15 is 0 Å². The minimum Gasteiger partial charge on any atom is -0.479 e. The monoisotopic (exact) mass is 396 g/mol. The lowest BCUT2D eigenvalue weighted by Crippen LogP contribution is -2.49. The van der Waals surface area contributed by atoms with Gasteiger partial charge in [0.05, 0.1) is 28.9 Å². The van der Waals surface area contributed by atoms with Crippen molar-refractivity contribution in [3.63, 3.8) is 0 Å². The zero-order valence-corrected chi connectivity index (χ0v) is 13.7. The van der Waals surface area contributed by atoms with Gasteiger partial charge in [-0.05, 0) is 12.1 Å². The van der Waals surface area contributed by atoms with E-state index in [0.717, 1.165) is 0 Å². The second kappa shape index (κ2) is 6.83. The molecule has 9 heteroatoms. The molecule has 1 heterocycles. The molecule has 114 valence electrons. The average molecular weight is 398 g/mol. The zero-order valence-electron chi connectivity index (χ0n) is 10.6. The predicted octanol–water partition coefficient (Wildman–Crippen LogP) is 3.07. The Hall–Kier alpha value is -1.02. The number of nitrogens with zero attached hydrogens (tertiary/aromatic N) is 1. The minimum absolute atomic E-state index is 0.0348. The van der Waals surface area contributed by atoms with Gasteiger partial charge in [0.15, 0.2) is 6.10 Å². The molecule has 1 aromatic carbocycles. The van der Waals surface area contributed by atoms with Gasteiger partial charge in [-0.25, -0.2) is 9.59 Å². The van der Waals surface area contributed by atoms with E-state index < -0.39 is 18.1 Å². The summed E-state index contributed by atoms with van der Waals surface area (Å²) >= 11 is 15.3. The highest BCUT2D eigenvalue weighted by Crippen LogP contribution is 2.34. The van der Waals surface area contributed by atoms with Crippen LogP contribution >= 0.6 is 39.1 Å². The number of benzene rings is 1. The largest absolute Gasteiger partial charge is 0.479 e. The molecule has 1 aromatic rings. The highest BCUT2D eigenvalue weighted by Gasteiger charge is 2.29. The molecule has 2 amide bonds. The number of hydrogen-bond donors (Lipinski definition) is 2. The summed E-state index contributed by atoms with van der Waals surface area (Å²) in [5.74, 6) is -1.10. The second-order valence-electron chi connectivity index (χ2n) is 4.32. The van der Waals surface area contributed by atoms with E-state index in [2.05, 4.69) is 21.2 Å². The Balaban J connectivity index is 2.10. The molecule has 1 saturated heterocycles. The van der Waals surface area contributed by atoms with Crippen LogP contribution in [0.5, 0.6) is 0 Å². The fourth-order valence-corrected chi connectivity index (χ4v) is 3.13. The minimum atomic E-state index is -1.10. The van der Waals surface area contributed by atoms with Crippen molar-refractivity contribution in [3.8, 4) is 0 Å². The van der Waals surface area contributed by atoms with Crippen molar-refractivity contribution >= 4 is 56.8 Å². The summed E-state index contributed by atoms with van der Waals surface area (Å²) in [6, 6.07) is 2.72. The van der Waals surface area contributed by atoms with Crippen LogP contribution in [0.25, 0.3) is 0 Å². The Kier molecular flexibility index (Phi) is 5.32. The molecule has 21 heavy (non-hydrogen) atoms. The van der Waals surface area contributed by atoms with Gasteiger partial charge in [0.25, 0.3) is 0 Å². The highest BCUT2D eigenvalue weighted by molar-refractivity contribution is 9.10. The standard InChI is InChI=1S/C12H11BrCl2N2O4/c13-6-3-7(14)10(8(15)4-6)16-12(20)17-1-2-21-9(5-17)11(18)19/h3-4,9H,1-2,5H2,(H,16,20)(H,18,19). The summed E-state index contributed by atoms with van der Waals surface area (Å²) in [5.41, 5.74) is 0.282. The fraction of sp³-hybridized carbons (Fsp3) is 0.333. The predicted molar refractivity (Wildman–Crippen MR) is 82.1 cm³/mol. The number of carboxylic acids is 1. The van der Waals surface area contributed by atoms with Gasteiger partial charge in [-0.3, -0.25) is 0 Å². The summed E-state index contributed by atoms with van der Waals surface area (Å²) in [6.45, 7) is 0.417. The molecule has 1 unspecified atom stereocenters. The average Bonchev–Trinajstić information content (AvgIpc) is 2.42. The van der Waals surface area contributed by atoms with E-state index in [0.29, 0.717) is 11.0 Å². The molecule has 0 spiro atoms. The van der Waals surface area contributed by atoms with Crippen LogP contribution in [-0.2, 0) is 9.53 Å². The molecular weight excluding hydrogens is 387 g/mol. The number of carbonyl (C=O) groups is 2. The molecule has 0 radical (unpaired) electrons. The molecule has 2 N–H and O–H groups in total. The molecule has 1 aliphatic rings. The van der Waals surface area contributed by atoms with Crippen LogP contribution < -0.4 is 5.32 Å². The fourth-order valence-electron chi connectivity index (χ4n) is 1.83. The number of carbonyl (C=O) groups excluding carboxylic acids is 1. The van der Waals surface area contributed by atoms with Crippen molar-refractivity contribution in [1.29, 1.82) is 0 Å². The summed E-state index contributed by atoms with van der Waals surface area (Å²) in [5, 5.41) is 12.1.